The molecule has 5 heteroatoms. The molecule has 1 rings (SSSR count). The van der Waals surface area contributed by atoms with Gasteiger partial charge in [-0.25, -0.2) is 4.79 Å². The monoisotopic (exact) mass is 114 g/mol. The third kappa shape index (κ3) is 0.651. The highest BCUT2D eigenvalue weighted by Gasteiger charge is 1.94. The summed E-state index contributed by atoms with van der Waals surface area (Å²) in [4.78, 5) is 22.8. The zero-order valence-electron chi connectivity index (χ0n) is 3.75. The first-order chi connectivity index (χ1) is 3.83. The quantitative estimate of drug-likeness (QED) is 0.483. The Morgan fingerprint density at radius 3 is 2.75 bits per heavy atom. The largest absolute Gasteiger partial charge is 0.377 e. The maximum absolute atomic E-state index is 10.0. The number of hydrogen-bond acceptors (Lipinski definition) is 4. The number of H-pyrrole nitrogens is 1. The maximum atomic E-state index is 10.0. The van der Waals surface area contributed by atoms with Crippen LogP contribution in [0.3, 0.4) is 0 Å². The van der Waals surface area contributed by atoms with E-state index in [0.29, 0.717) is 6.29 Å². The van der Waals surface area contributed by atoms with E-state index in [9.17, 15) is 9.59 Å². The minimum atomic E-state index is -0.646. The summed E-state index contributed by atoms with van der Waals surface area (Å²) < 4.78 is 4.20. The molecule has 0 saturated carbocycles. The molecule has 0 bridgehead atoms. The molecule has 0 atom stereocenters. The van der Waals surface area contributed by atoms with Crippen LogP contribution in [-0.4, -0.2) is 16.4 Å². The van der Waals surface area contributed by atoms with Crippen molar-refractivity contribution in [2.45, 2.75) is 0 Å². The molecule has 1 aromatic heterocycles. The van der Waals surface area contributed by atoms with Gasteiger partial charge in [0.2, 0.25) is 6.29 Å². The molecule has 0 spiro atoms. The van der Waals surface area contributed by atoms with Crippen LogP contribution in [0, 0.1) is 0 Å². The minimum absolute atomic E-state index is 0.227. The molecule has 0 radical (unpaired) electrons. The van der Waals surface area contributed by atoms with Crippen LogP contribution in [0.5, 0.6) is 0 Å². The molecule has 0 aliphatic rings. The molecule has 0 aliphatic heterocycles. The van der Waals surface area contributed by atoms with Crippen LogP contribution in [-0.2, 0) is 0 Å². The van der Waals surface area contributed by atoms with Crippen LogP contribution in [0.15, 0.2) is 9.32 Å². The van der Waals surface area contributed by atoms with Gasteiger partial charge in [0.25, 0.3) is 5.89 Å². The molecule has 1 aromatic rings. The van der Waals surface area contributed by atoms with Gasteiger partial charge in [-0.15, -0.1) is 4.98 Å². The number of carbonyl (C=O) groups is 1. The summed E-state index contributed by atoms with van der Waals surface area (Å²) in [6, 6.07) is 0. The Morgan fingerprint density at radius 2 is 2.50 bits per heavy atom. The van der Waals surface area contributed by atoms with Crippen LogP contribution >= 0.6 is 0 Å². The molecule has 0 unspecified atom stereocenters. The van der Waals surface area contributed by atoms with E-state index in [1.165, 1.54) is 0 Å². The molecule has 0 saturated heterocycles. The van der Waals surface area contributed by atoms with Gasteiger partial charge >= 0.3 is 5.69 Å². The van der Waals surface area contributed by atoms with Crippen molar-refractivity contribution in [2.75, 3.05) is 0 Å². The first-order valence-electron chi connectivity index (χ1n) is 1.83. The standard InChI is InChI=1S/C3H2N2O3/c6-1-2-4-3(7)5-8-2/h1H,(H,5,7). The predicted octanol–water partition coefficient (Wildman–Crippen LogP) is -0.825. The highest BCUT2D eigenvalue weighted by molar-refractivity contribution is 5.66. The molecule has 8 heavy (non-hydrogen) atoms. The topological polar surface area (TPSA) is 76.0 Å². The zero-order chi connectivity index (χ0) is 5.98. The molecular formula is C3H2N2O3. The summed E-state index contributed by atoms with van der Waals surface area (Å²) >= 11 is 0. The zero-order valence-corrected chi connectivity index (χ0v) is 3.75. The number of nitrogens with one attached hydrogen (secondary N) is 1. The van der Waals surface area contributed by atoms with E-state index in [-0.39, 0.29) is 5.89 Å². The maximum Gasteiger partial charge on any atom is 0.377 e. The average Bonchev–Trinajstić information content (AvgIpc) is 2.14. The van der Waals surface area contributed by atoms with Gasteiger partial charge in [-0.3, -0.25) is 4.79 Å². The second kappa shape index (κ2) is 1.61. The van der Waals surface area contributed by atoms with Crippen molar-refractivity contribution in [1.82, 2.24) is 10.1 Å². The summed E-state index contributed by atoms with van der Waals surface area (Å²) in [5.74, 6) is -0.227. The summed E-state index contributed by atoms with van der Waals surface area (Å²) in [7, 11) is 0. The van der Waals surface area contributed by atoms with Crippen molar-refractivity contribution in [2.24, 2.45) is 0 Å². The normalized spacial score (nSPS) is 9.00. The predicted molar refractivity (Wildman–Crippen MR) is 22.5 cm³/mol. The third-order valence-corrected chi connectivity index (χ3v) is 0.555. The fourth-order valence-electron chi connectivity index (χ4n) is 0.292. The van der Waals surface area contributed by atoms with Crippen LogP contribution in [0.1, 0.15) is 10.7 Å². The Balaban J connectivity index is 3.18. The van der Waals surface area contributed by atoms with E-state index in [2.05, 4.69) is 9.51 Å². The van der Waals surface area contributed by atoms with E-state index in [1.54, 1.807) is 0 Å². The van der Waals surface area contributed by atoms with Gasteiger partial charge in [0.05, 0.1) is 0 Å². The van der Waals surface area contributed by atoms with Crippen LogP contribution in [0.2, 0.25) is 0 Å². The van der Waals surface area contributed by atoms with Gasteiger partial charge in [0.1, 0.15) is 0 Å². The van der Waals surface area contributed by atoms with Crippen LogP contribution < -0.4 is 5.69 Å². The number of carbonyl (C=O) groups excluding carboxylic acids is 1. The smallest absolute Gasteiger partial charge is 0.354 e. The van der Waals surface area contributed by atoms with E-state index < -0.39 is 5.69 Å². The molecule has 42 valence electrons. The van der Waals surface area contributed by atoms with E-state index in [0.717, 1.165) is 0 Å². The Labute approximate surface area is 43.3 Å². The van der Waals surface area contributed by atoms with Crippen molar-refractivity contribution < 1.29 is 9.32 Å². The van der Waals surface area contributed by atoms with Crippen LogP contribution in [0.4, 0.5) is 0 Å². The third-order valence-electron chi connectivity index (χ3n) is 0.555. The fraction of sp³-hybridized carbons (Fsp3) is 0. The van der Waals surface area contributed by atoms with Gasteiger partial charge < -0.3 is 4.52 Å². The Kier molecular flexibility index (Phi) is 0.957. The fourth-order valence-corrected chi connectivity index (χ4v) is 0.292. The minimum Gasteiger partial charge on any atom is -0.354 e. The lowest BCUT2D eigenvalue weighted by Crippen LogP contribution is -2.00. The number of hydrogen-bond donors (Lipinski definition) is 1. The van der Waals surface area contributed by atoms with Crippen molar-refractivity contribution >= 4 is 6.29 Å². The SMILES string of the molecule is O=Cc1nc(=O)[nH]o1. The number of rotatable bonds is 1. The molecule has 1 heterocycles. The van der Waals surface area contributed by atoms with Crippen molar-refractivity contribution in [3.63, 3.8) is 0 Å². The molecule has 0 fully saturated rings. The molecule has 5 nitrogen and oxygen atoms in total. The highest BCUT2D eigenvalue weighted by atomic mass is 16.5. The first kappa shape index (κ1) is 4.76. The second-order valence-corrected chi connectivity index (χ2v) is 1.08. The summed E-state index contributed by atoms with van der Waals surface area (Å²) in [6.45, 7) is 0. The van der Waals surface area contributed by atoms with Gasteiger partial charge in [0, 0.05) is 0 Å². The lowest BCUT2D eigenvalue weighted by Gasteiger charge is -1.64. The molecule has 0 amide bonds. The number of aromatic nitrogens is 2. The summed E-state index contributed by atoms with van der Waals surface area (Å²) in [5.41, 5.74) is -0.646. The lowest BCUT2D eigenvalue weighted by atomic mass is 10.8. The molecule has 1 N–H and O–H groups in total. The number of nitrogens with zero attached hydrogens (tertiary/aromatic N) is 1. The first-order valence-corrected chi connectivity index (χ1v) is 1.83. The van der Waals surface area contributed by atoms with Gasteiger partial charge in [-0.2, -0.15) is 5.16 Å². The molecule has 0 aliphatic carbocycles. The van der Waals surface area contributed by atoms with E-state index in [1.807, 2.05) is 5.16 Å². The van der Waals surface area contributed by atoms with Crippen molar-refractivity contribution in [1.29, 1.82) is 0 Å². The summed E-state index contributed by atoms with van der Waals surface area (Å²) in [6.07, 6.45) is 0.345. The van der Waals surface area contributed by atoms with Gasteiger partial charge in [-0.1, -0.05) is 0 Å². The van der Waals surface area contributed by atoms with Crippen molar-refractivity contribution in [3.8, 4) is 0 Å². The highest BCUT2D eigenvalue weighted by Crippen LogP contribution is 1.75. The van der Waals surface area contributed by atoms with Crippen molar-refractivity contribution in [3.05, 3.63) is 16.4 Å². The lowest BCUT2D eigenvalue weighted by molar-refractivity contribution is 0.108. The van der Waals surface area contributed by atoms with Gasteiger partial charge in [0.15, 0.2) is 0 Å². The molecular weight excluding hydrogens is 112 g/mol. The number of aromatic amines is 1. The Morgan fingerprint density at radius 1 is 1.75 bits per heavy atom. The average molecular weight is 114 g/mol. The molecule has 0 aromatic carbocycles. The van der Waals surface area contributed by atoms with Gasteiger partial charge in [-0.05, 0) is 0 Å². The Hall–Kier alpha value is -1.39. The Bertz CT molecular complexity index is 235. The van der Waals surface area contributed by atoms with E-state index >= 15 is 0 Å². The second-order valence-electron chi connectivity index (χ2n) is 1.08. The summed E-state index contributed by atoms with van der Waals surface area (Å²) in [5, 5.41) is 1.85. The number of aldehydes is 1. The van der Waals surface area contributed by atoms with E-state index in [4.69, 9.17) is 0 Å². The van der Waals surface area contributed by atoms with Crippen LogP contribution in [0.25, 0.3) is 0 Å².